The van der Waals surface area contributed by atoms with E-state index in [0.29, 0.717) is 17.5 Å². The summed E-state index contributed by atoms with van der Waals surface area (Å²) in [6.07, 6.45) is 0. The molecule has 2 rings (SSSR count). The minimum Gasteiger partial charge on any atom is -0.497 e. The summed E-state index contributed by atoms with van der Waals surface area (Å²) in [5.41, 5.74) is 2.92. The van der Waals surface area contributed by atoms with Gasteiger partial charge in [-0.05, 0) is 49.7 Å². The van der Waals surface area contributed by atoms with Gasteiger partial charge in [0.25, 0.3) is 0 Å². The quantitative estimate of drug-likeness (QED) is 0.784. The van der Waals surface area contributed by atoms with Crippen LogP contribution in [0, 0.1) is 13.8 Å². The molecule has 0 unspecified atom stereocenters. The molecule has 1 heterocycles. The zero-order valence-electron chi connectivity index (χ0n) is 11.2. The maximum Gasteiger partial charge on any atom is 0.224 e. The van der Waals surface area contributed by atoms with Gasteiger partial charge < -0.3 is 9.47 Å². The second-order valence-corrected chi connectivity index (χ2v) is 4.54. The van der Waals surface area contributed by atoms with Crippen molar-refractivity contribution < 1.29 is 9.47 Å². The molecule has 1 aromatic heterocycles. The minimum atomic E-state index is 0.380. The van der Waals surface area contributed by atoms with Gasteiger partial charge in [-0.25, -0.2) is 4.98 Å². The van der Waals surface area contributed by atoms with Crippen molar-refractivity contribution in [2.45, 2.75) is 19.7 Å². The predicted molar refractivity (Wildman–Crippen MR) is 76.3 cm³/mol. The number of ether oxygens (including phenoxy) is 2. The highest BCUT2D eigenvalue weighted by atomic mass is 35.5. The Hall–Kier alpha value is -1.74. The van der Waals surface area contributed by atoms with Crippen LogP contribution in [-0.2, 0) is 5.88 Å². The van der Waals surface area contributed by atoms with Crippen molar-refractivity contribution in [3.05, 3.63) is 47.2 Å². The van der Waals surface area contributed by atoms with E-state index in [2.05, 4.69) is 4.98 Å². The first-order valence-electron chi connectivity index (χ1n) is 5.99. The number of alkyl halides is 1. The molecule has 1 aromatic carbocycles. The second kappa shape index (κ2) is 5.93. The molecule has 0 saturated heterocycles. The molecule has 0 bridgehead atoms. The molecule has 0 aliphatic carbocycles. The molecule has 3 nitrogen and oxygen atoms in total. The summed E-state index contributed by atoms with van der Waals surface area (Å²) in [5, 5.41) is 0. The Morgan fingerprint density at radius 2 is 1.74 bits per heavy atom. The minimum absolute atomic E-state index is 0.380. The highest BCUT2D eigenvalue weighted by Crippen LogP contribution is 2.28. The molecule has 2 aromatic rings. The lowest BCUT2D eigenvalue weighted by molar-refractivity contribution is 0.412. The van der Waals surface area contributed by atoms with E-state index in [1.807, 2.05) is 44.2 Å². The van der Waals surface area contributed by atoms with Crippen LogP contribution in [0.5, 0.6) is 17.4 Å². The Kier molecular flexibility index (Phi) is 4.27. The van der Waals surface area contributed by atoms with E-state index in [1.54, 1.807) is 7.11 Å². The van der Waals surface area contributed by atoms with Gasteiger partial charge in [-0.15, -0.1) is 11.6 Å². The van der Waals surface area contributed by atoms with Crippen molar-refractivity contribution in [3.8, 4) is 17.4 Å². The molecule has 0 spiro atoms. The van der Waals surface area contributed by atoms with Gasteiger partial charge in [0.2, 0.25) is 5.88 Å². The lowest BCUT2D eigenvalue weighted by Crippen LogP contribution is -1.98. The molecular formula is C15H16ClNO2. The Labute approximate surface area is 118 Å². The lowest BCUT2D eigenvalue weighted by Gasteiger charge is -2.12. The number of rotatable bonds is 4. The topological polar surface area (TPSA) is 31.4 Å². The molecule has 0 aliphatic rings. The molecule has 19 heavy (non-hydrogen) atoms. The fourth-order valence-electron chi connectivity index (χ4n) is 1.83. The summed E-state index contributed by atoms with van der Waals surface area (Å²) in [5.74, 6) is 2.45. The van der Waals surface area contributed by atoms with Crippen molar-refractivity contribution in [1.82, 2.24) is 4.98 Å². The van der Waals surface area contributed by atoms with Crippen LogP contribution < -0.4 is 9.47 Å². The number of aryl methyl sites for hydroxylation is 2. The first-order chi connectivity index (χ1) is 9.13. The average Bonchev–Trinajstić information content (AvgIpc) is 2.39. The third kappa shape index (κ3) is 3.18. The molecule has 0 aliphatic heterocycles. The molecule has 0 radical (unpaired) electrons. The van der Waals surface area contributed by atoms with Crippen LogP contribution in [-0.4, -0.2) is 12.1 Å². The SMILES string of the molecule is COc1ccc(Oc2nc(C)cc(C)c2CCl)cc1. The van der Waals surface area contributed by atoms with Gasteiger partial charge in [0.05, 0.1) is 13.0 Å². The second-order valence-electron chi connectivity index (χ2n) is 4.28. The van der Waals surface area contributed by atoms with Gasteiger partial charge >= 0.3 is 0 Å². The molecule has 0 N–H and O–H groups in total. The van der Waals surface area contributed by atoms with E-state index >= 15 is 0 Å². The van der Waals surface area contributed by atoms with Crippen LogP contribution in [0.25, 0.3) is 0 Å². The van der Waals surface area contributed by atoms with E-state index in [-0.39, 0.29) is 0 Å². The zero-order valence-corrected chi connectivity index (χ0v) is 12.0. The zero-order chi connectivity index (χ0) is 13.8. The van der Waals surface area contributed by atoms with E-state index in [1.165, 1.54) is 0 Å². The maximum absolute atomic E-state index is 5.96. The lowest BCUT2D eigenvalue weighted by atomic mass is 10.1. The summed E-state index contributed by atoms with van der Waals surface area (Å²) < 4.78 is 10.9. The smallest absolute Gasteiger partial charge is 0.224 e. The highest BCUT2D eigenvalue weighted by Gasteiger charge is 2.10. The normalized spacial score (nSPS) is 10.3. The van der Waals surface area contributed by atoms with Crippen molar-refractivity contribution in [1.29, 1.82) is 0 Å². The Morgan fingerprint density at radius 1 is 1.11 bits per heavy atom. The largest absolute Gasteiger partial charge is 0.497 e. The van der Waals surface area contributed by atoms with Gasteiger partial charge in [0.1, 0.15) is 11.5 Å². The van der Waals surface area contributed by atoms with Gasteiger partial charge in [0.15, 0.2) is 0 Å². The molecule has 0 amide bonds. The molecular weight excluding hydrogens is 262 g/mol. The van der Waals surface area contributed by atoms with E-state index in [4.69, 9.17) is 21.1 Å². The number of aromatic nitrogens is 1. The number of hydrogen-bond acceptors (Lipinski definition) is 3. The van der Waals surface area contributed by atoms with Crippen LogP contribution >= 0.6 is 11.6 Å². The van der Waals surface area contributed by atoms with E-state index < -0.39 is 0 Å². The van der Waals surface area contributed by atoms with Crippen molar-refractivity contribution in [2.24, 2.45) is 0 Å². The summed E-state index contributed by atoms with van der Waals surface area (Å²) in [6.45, 7) is 3.94. The highest BCUT2D eigenvalue weighted by molar-refractivity contribution is 6.17. The van der Waals surface area contributed by atoms with Gasteiger partial charge in [-0.2, -0.15) is 0 Å². The van der Waals surface area contributed by atoms with E-state index in [9.17, 15) is 0 Å². The Balaban J connectivity index is 2.31. The Morgan fingerprint density at radius 3 is 2.32 bits per heavy atom. The average molecular weight is 278 g/mol. The van der Waals surface area contributed by atoms with Gasteiger partial charge in [0, 0.05) is 11.3 Å². The molecule has 0 atom stereocenters. The molecule has 0 saturated carbocycles. The van der Waals surface area contributed by atoms with Crippen molar-refractivity contribution in [2.75, 3.05) is 7.11 Å². The number of pyridine rings is 1. The van der Waals surface area contributed by atoms with Crippen LogP contribution in [0.1, 0.15) is 16.8 Å². The third-order valence-electron chi connectivity index (χ3n) is 2.85. The van der Waals surface area contributed by atoms with Crippen molar-refractivity contribution in [3.63, 3.8) is 0 Å². The summed E-state index contributed by atoms with van der Waals surface area (Å²) >= 11 is 5.96. The van der Waals surface area contributed by atoms with Gasteiger partial charge in [-0.3, -0.25) is 0 Å². The monoisotopic (exact) mass is 277 g/mol. The molecule has 4 heteroatoms. The maximum atomic E-state index is 5.96. The van der Waals surface area contributed by atoms with Crippen LogP contribution in [0.2, 0.25) is 0 Å². The van der Waals surface area contributed by atoms with Crippen LogP contribution in [0.15, 0.2) is 30.3 Å². The number of methoxy groups -OCH3 is 1. The van der Waals surface area contributed by atoms with Gasteiger partial charge in [-0.1, -0.05) is 0 Å². The Bertz CT molecular complexity index is 567. The number of benzene rings is 1. The number of nitrogens with zero attached hydrogens (tertiary/aromatic N) is 1. The fourth-order valence-corrected chi connectivity index (χ4v) is 2.16. The van der Waals surface area contributed by atoms with Crippen LogP contribution in [0.4, 0.5) is 0 Å². The molecule has 0 fully saturated rings. The summed E-state index contributed by atoms with van der Waals surface area (Å²) in [4.78, 5) is 4.40. The fraction of sp³-hybridized carbons (Fsp3) is 0.267. The first kappa shape index (κ1) is 13.7. The third-order valence-corrected chi connectivity index (χ3v) is 3.11. The number of hydrogen-bond donors (Lipinski definition) is 0. The first-order valence-corrected chi connectivity index (χ1v) is 6.52. The predicted octanol–water partition coefficient (Wildman–Crippen LogP) is 4.24. The summed E-state index contributed by atoms with van der Waals surface area (Å²) in [7, 11) is 1.63. The molecule has 100 valence electrons. The van der Waals surface area contributed by atoms with E-state index in [0.717, 1.165) is 22.6 Å². The van der Waals surface area contributed by atoms with Crippen molar-refractivity contribution >= 4 is 11.6 Å². The standard InChI is InChI=1S/C15H16ClNO2/c1-10-8-11(2)17-15(14(10)9-16)19-13-6-4-12(18-3)5-7-13/h4-8H,9H2,1-3H3. The van der Waals surface area contributed by atoms with Crippen LogP contribution in [0.3, 0.4) is 0 Å². The number of halogens is 1. The summed E-state index contributed by atoms with van der Waals surface area (Å²) in [6, 6.07) is 9.38.